The molecule has 216 valence electrons. The van der Waals surface area contributed by atoms with Crippen LogP contribution < -0.4 is 10.3 Å². The lowest BCUT2D eigenvalue weighted by molar-refractivity contribution is 0.103. The van der Waals surface area contributed by atoms with Crippen molar-refractivity contribution >= 4 is 38.6 Å². The average molecular weight is 609 g/mol. The molecule has 0 aliphatic heterocycles. The predicted molar refractivity (Wildman–Crippen MR) is 159 cm³/mol. The van der Waals surface area contributed by atoms with Crippen molar-refractivity contribution in [2.45, 2.75) is 57.6 Å². The third-order valence-electron chi connectivity index (χ3n) is 6.47. The summed E-state index contributed by atoms with van der Waals surface area (Å²) in [6.45, 7) is 8.92. The van der Waals surface area contributed by atoms with Gasteiger partial charge in [0.1, 0.15) is 10.6 Å². The summed E-state index contributed by atoms with van der Waals surface area (Å²) < 4.78 is 55.6. The molecule has 11 heteroatoms. The summed E-state index contributed by atoms with van der Waals surface area (Å²) in [6.07, 6.45) is 2.05. The quantitative estimate of drug-likeness (QED) is 0.240. The maximum absolute atomic E-state index is 13.8. The van der Waals surface area contributed by atoms with E-state index in [4.69, 9.17) is 11.6 Å². The van der Waals surface area contributed by atoms with Crippen molar-refractivity contribution in [1.29, 1.82) is 0 Å². The number of aromatic nitrogens is 1. The second-order valence-electron chi connectivity index (χ2n) is 10.6. The maximum atomic E-state index is 13.8. The SMILES string of the molecule is CC[C@H](N[S@@+]([O-])C(C)(C)C)c1cc(=O)n(C)cc1-c1cc(CS(=O)(=O)CC)ccc1C(=O)c1ccc(F)cc1Cl. The van der Waals surface area contributed by atoms with Crippen LogP contribution in [0.4, 0.5) is 4.39 Å². The number of nitrogens with one attached hydrogen (secondary N) is 1. The fourth-order valence-corrected chi connectivity index (χ4v) is 6.16. The number of hydrogen-bond acceptors (Lipinski definition) is 6. The summed E-state index contributed by atoms with van der Waals surface area (Å²) in [7, 11) is -1.83. The van der Waals surface area contributed by atoms with E-state index >= 15 is 0 Å². The van der Waals surface area contributed by atoms with Crippen LogP contribution in [0.25, 0.3) is 11.1 Å². The largest absolute Gasteiger partial charge is 0.598 e. The fourth-order valence-electron chi connectivity index (χ4n) is 4.11. The standard InChI is InChI=1S/C29H34ClFN2O5S2/c1-7-26(32-39(36)29(3,4)5)23-15-27(34)33(6)16-24(23)22-13-18(17-40(37,38)8-2)9-11-20(22)28(35)21-12-10-19(31)14-25(21)30/h9-16,26,32H,7-8,17H2,1-6H3/t26-,39-/m0/s1. The van der Waals surface area contributed by atoms with Crippen molar-refractivity contribution in [2.75, 3.05) is 5.75 Å². The molecule has 0 unspecified atom stereocenters. The van der Waals surface area contributed by atoms with E-state index in [9.17, 15) is 27.0 Å². The zero-order chi connectivity index (χ0) is 30.0. The van der Waals surface area contributed by atoms with Crippen molar-refractivity contribution in [3.05, 3.63) is 92.1 Å². The first-order valence-electron chi connectivity index (χ1n) is 12.8. The number of pyridine rings is 1. The Morgan fingerprint density at radius 2 is 1.75 bits per heavy atom. The number of carbonyl (C=O) groups is 1. The molecule has 0 radical (unpaired) electrons. The van der Waals surface area contributed by atoms with Gasteiger partial charge < -0.3 is 9.12 Å². The van der Waals surface area contributed by atoms with Crippen molar-refractivity contribution in [3.8, 4) is 11.1 Å². The van der Waals surface area contributed by atoms with Gasteiger partial charge in [0.05, 0.1) is 16.8 Å². The molecule has 0 saturated carbocycles. The molecule has 3 rings (SSSR count). The molecule has 0 fully saturated rings. The first kappa shape index (κ1) is 32.0. The molecule has 0 aliphatic rings. The van der Waals surface area contributed by atoms with Gasteiger partial charge in [-0.3, -0.25) is 9.59 Å². The fraction of sp³-hybridized carbons (Fsp3) is 0.379. The lowest BCUT2D eigenvalue weighted by Gasteiger charge is -2.29. The number of halogens is 2. The molecule has 40 heavy (non-hydrogen) atoms. The molecule has 2 atom stereocenters. The maximum Gasteiger partial charge on any atom is 0.250 e. The highest BCUT2D eigenvalue weighted by Gasteiger charge is 2.31. The summed E-state index contributed by atoms with van der Waals surface area (Å²) in [6, 6.07) is 9.10. The van der Waals surface area contributed by atoms with E-state index in [0.717, 1.165) is 12.1 Å². The van der Waals surface area contributed by atoms with Crippen LogP contribution >= 0.6 is 11.6 Å². The number of aryl methyl sites for hydroxylation is 1. The minimum Gasteiger partial charge on any atom is -0.598 e. The van der Waals surface area contributed by atoms with Crippen LogP contribution in [0.3, 0.4) is 0 Å². The molecule has 0 bridgehead atoms. The van der Waals surface area contributed by atoms with E-state index in [2.05, 4.69) is 4.72 Å². The Hall–Kier alpha value is -2.50. The molecule has 0 aliphatic carbocycles. The first-order chi connectivity index (χ1) is 18.6. The molecular weight excluding hydrogens is 575 g/mol. The van der Waals surface area contributed by atoms with Crippen LogP contribution in [0, 0.1) is 5.82 Å². The Balaban J connectivity index is 2.32. The number of hydrogen-bond donors (Lipinski definition) is 1. The van der Waals surface area contributed by atoms with Crippen LogP contribution in [0.5, 0.6) is 0 Å². The first-order valence-corrected chi connectivity index (χ1v) is 16.1. The topological polar surface area (TPSA) is 108 Å². The minimum atomic E-state index is -3.40. The van der Waals surface area contributed by atoms with Gasteiger partial charge in [-0.25, -0.2) is 12.8 Å². The van der Waals surface area contributed by atoms with Gasteiger partial charge in [0.15, 0.2) is 15.6 Å². The van der Waals surface area contributed by atoms with E-state index in [1.807, 2.05) is 27.7 Å². The summed E-state index contributed by atoms with van der Waals surface area (Å²) >= 11 is 4.76. The van der Waals surface area contributed by atoms with Crippen LogP contribution in [0.15, 0.2) is 53.5 Å². The minimum absolute atomic E-state index is 0.0558. The van der Waals surface area contributed by atoms with Gasteiger partial charge in [0.25, 0.3) is 5.56 Å². The molecule has 1 heterocycles. The van der Waals surface area contributed by atoms with Gasteiger partial charge in [-0.15, -0.1) is 4.72 Å². The third kappa shape index (κ3) is 7.41. The molecule has 1 N–H and O–H groups in total. The van der Waals surface area contributed by atoms with Crippen LogP contribution in [0.1, 0.15) is 74.1 Å². The highest BCUT2D eigenvalue weighted by Crippen LogP contribution is 2.35. The van der Waals surface area contributed by atoms with Crippen LogP contribution in [-0.2, 0) is 34.0 Å². The summed E-state index contributed by atoms with van der Waals surface area (Å²) in [4.78, 5) is 26.6. The number of ketones is 1. The Morgan fingerprint density at radius 1 is 1.10 bits per heavy atom. The molecule has 0 spiro atoms. The summed E-state index contributed by atoms with van der Waals surface area (Å²) in [5, 5.41) is -0.0667. The number of carbonyl (C=O) groups excluding carboxylic acids is 1. The van der Waals surface area contributed by atoms with Crippen molar-refractivity contribution in [1.82, 2.24) is 9.29 Å². The van der Waals surface area contributed by atoms with Gasteiger partial charge in [0, 0.05) is 53.1 Å². The molecule has 2 aromatic carbocycles. The number of benzene rings is 2. The zero-order valence-corrected chi connectivity index (χ0v) is 25.8. The lowest BCUT2D eigenvalue weighted by Crippen LogP contribution is -2.41. The second-order valence-corrected chi connectivity index (χ2v) is 15.3. The summed E-state index contributed by atoms with van der Waals surface area (Å²) in [5.74, 6) is -1.39. The van der Waals surface area contributed by atoms with Crippen molar-refractivity contribution in [3.63, 3.8) is 0 Å². The molecule has 1 aromatic heterocycles. The van der Waals surface area contributed by atoms with Gasteiger partial charge in [0.2, 0.25) is 0 Å². The molecule has 7 nitrogen and oxygen atoms in total. The van der Waals surface area contributed by atoms with Crippen LogP contribution in [0.2, 0.25) is 5.02 Å². The Labute approximate surface area is 243 Å². The summed E-state index contributed by atoms with van der Waals surface area (Å²) in [5.41, 5.74) is 1.79. The lowest BCUT2D eigenvalue weighted by atomic mass is 9.89. The monoisotopic (exact) mass is 608 g/mol. The average Bonchev–Trinajstić information content (AvgIpc) is 2.87. The Kier molecular flexibility index (Phi) is 10.1. The second kappa shape index (κ2) is 12.6. The normalized spacial score (nSPS) is 13.7. The molecule has 3 aromatic rings. The highest BCUT2D eigenvalue weighted by molar-refractivity contribution is 7.91. The van der Waals surface area contributed by atoms with Gasteiger partial charge in [-0.1, -0.05) is 37.6 Å². The van der Waals surface area contributed by atoms with E-state index in [1.54, 1.807) is 32.3 Å². The van der Waals surface area contributed by atoms with Gasteiger partial charge >= 0.3 is 0 Å². The van der Waals surface area contributed by atoms with Crippen LogP contribution in [-0.4, -0.2) is 33.8 Å². The smallest absolute Gasteiger partial charge is 0.250 e. The van der Waals surface area contributed by atoms with Gasteiger partial charge in [-0.05, 0) is 68.1 Å². The number of sulfone groups is 1. The highest BCUT2D eigenvalue weighted by atomic mass is 35.5. The number of nitrogens with zero attached hydrogens (tertiary/aromatic N) is 1. The molecule has 0 amide bonds. The van der Waals surface area contributed by atoms with E-state index in [-0.39, 0.29) is 33.2 Å². The Morgan fingerprint density at radius 3 is 2.33 bits per heavy atom. The van der Waals surface area contributed by atoms with Crippen molar-refractivity contribution < 1.29 is 22.2 Å². The molecular formula is C29H34ClFN2O5S2. The number of rotatable bonds is 10. The predicted octanol–water partition coefficient (Wildman–Crippen LogP) is 5.51. The van der Waals surface area contributed by atoms with E-state index in [0.29, 0.717) is 28.7 Å². The zero-order valence-electron chi connectivity index (χ0n) is 23.4. The van der Waals surface area contributed by atoms with Crippen molar-refractivity contribution in [2.24, 2.45) is 7.05 Å². The van der Waals surface area contributed by atoms with Gasteiger partial charge in [-0.2, -0.15) is 0 Å². The third-order valence-corrected chi connectivity index (χ3v) is 10.0. The molecule has 0 saturated heterocycles. The Bertz CT molecular complexity index is 1580. The van der Waals surface area contributed by atoms with E-state index in [1.165, 1.54) is 22.8 Å². The van der Waals surface area contributed by atoms with E-state index < -0.39 is 43.6 Å².